The zero-order chi connectivity index (χ0) is 24.2. The summed E-state index contributed by atoms with van der Waals surface area (Å²) in [6.45, 7) is 3.55. The van der Waals surface area contributed by atoms with E-state index in [1.165, 1.54) is 30.5 Å². The molecule has 0 bridgehead atoms. The number of hydrogen-bond acceptors (Lipinski definition) is 5. The van der Waals surface area contributed by atoms with Gasteiger partial charge in [0.25, 0.3) is 5.91 Å². The third-order valence-electron chi connectivity index (χ3n) is 4.83. The van der Waals surface area contributed by atoms with Gasteiger partial charge in [-0.15, -0.1) is 0 Å². The first kappa shape index (κ1) is 24.2. The van der Waals surface area contributed by atoms with Crippen molar-refractivity contribution in [2.75, 3.05) is 0 Å². The Balaban J connectivity index is 1.72. The molecule has 33 heavy (non-hydrogen) atoms. The van der Waals surface area contributed by atoms with Gasteiger partial charge >= 0.3 is 6.18 Å². The number of aliphatic hydroxyl groups excluding tert-OH is 1. The van der Waals surface area contributed by atoms with Crippen LogP contribution in [0.5, 0.6) is 11.6 Å². The molecule has 1 unspecified atom stereocenters. The van der Waals surface area contributed by atoms with Crippen molar-refractivity contribution in [1.82, 2.24) is 10.3 Å². The van der Waals surface area contributed by atoms with E-state index in [0.717, 1.165) is 23.3 Å². The van der Waals surface area contributed by atoms with Crippen molar-refractivity contribution >= 4 is 5.91 Å². The Morgan fingerprint density at radius 2 is 1.79 bits per heavy atom. The fourth-order valence-electron chi connectivity index (χ4n) is 3.00. The summed E-state index contributed by atoms with van der Waals surface area (Å²) in [6, 6.07) is 15.0. The van der Waals surface area contributed by atoms with Crippen molar-refractivity contribution in [1.29, 1.82) is 0 Å². The maximum atomic E-state index is 12.8. The normalized spacial score (nSPS) is 12.8. The molecule has 2 aromatic carbocycles. The monoisotopic (exact) mass is 460 g/mol. The van der Waals surface area contributed by atoms with Crippen molar-refractivity contribution in [2.24, 2.45) is 0 Å². The number of alkyl halides is 3. The predicted octanol–water partition coefficient (Wildman–Crippen LogP) is 4.63. The molecule has 1 heterocycles. The van der Waals surface area contributed by atoms with E-state index in [-0.39, 0.29) is 23.7 Å². The molecular weight excluding hydrogens is 437 g/mol. The Bertz CT molecular complexity index is 1110. The third kappa shape index (κ3) is 6.30. The highest BCUT2D eigenvalue weighted by atomic mass is 19.4. The van der Waals surface area contributed by atoms with Crippen LogP contribution in [0.2, 0.25) is 0 Å². The van der Waals surface area contributed by atoms with E-state index >= 15 is 0 Å². The molecule has 1 aromatic heterocycles. The van der Waals surface area contributed by atoms with Crippen LogP contribution in [0.15, 0.2) is 66.9 Å². The summed E-state index contributed by atoms with van der Waals surface area (Å²) in [5, 5.41) is 22.2. The summed E-state index contributed by atoms with van der Waals surface area (Å²) in [5.41, 5.74) is 0.260. The molecule has 1 atom stereocenters. The first-order chi connectivity index (χ1) is 15.4. The van der Waals surface area contributed by atoms with Crippen LogP contribution in [-0.4, -0.2) is 27.3 Å². The van der Waals surface area contributed by atoms with Gasteiger partial charge in [-0.05, 0) is 54.8 Å². The van der Waals surface area contributed by atoms with Crippen LogP contribution in [0.3, 0.4) is 0 Å². The molecule has 0 radical (unpaired) electrons. The fourth-order valence-corrected chi connectivity index (χ4v) is 3.00. The highest BCUT2D eigenvalue weighted by Gasteiger charge is 2.39. The fraction of sp³-hybridized carbons (Fsp3) is 0.250. The number of pyridine rings is 1. The summed E-state index contributed by atoms with van der Waals surface area (Å²) < 4.78 is 44.0. The van der Waals surface area contributed by atoms with Gasteiger partial charge in [-0.3, -0.25) is 4.79 Å². The Morgan fingerprint density at radius 3 is 2.42 bits per heavy atom. The Kier molecular flexibility index (Phi) is 7.04. The lowest BCUT2D eigenvalue weighted by atomic mass is 9.97. The third-order valence-corrected chi connectivity index (χ3v) is 4.83. The summed E-state index contributed by atoms with van der Waals surface area (Å²) in [5.74, 6) is -0.590. The topological polar surface area (TPSA) is 91.7 Å². The number of halogens is 3. The van der Waals surface area contributed by atoms with E-state index in [2.05, 4.69) is 10.3 Å². The molecule has 0 aliphatic heterocycles. The van der Waals surface area contributed by atoms with E-state index in [4.69, 9.17) is 4.74 Å². The smallest absolute Gasteiger partial charge is 0.418 e. The average molecular weight is 460 g/mol. The number of aromatic nitrogens is 1. The van der Waals surface area contributed by atoms with Crippen molar-refractivity contribution in [3.8, 4) is 11.6 Å². The van der Waals surface area contributed by atoms with Crippen LogP contribution in [-0.2, 0) is 12.1 Å². The molecule has 3 aromatic rings. The Labute approximate surface area is 188 Å². The number of carbonyl (C=O) groups is 1. The molecule has 1 amide bonds. The molecule has 3 rings (SSSR count). The molecule has 174 valence electrons. The zero-order valence-corrected chi connectivity index (χ0v) is 17.9. The summed E-state index contributed by atoms with van der Waals surface area (Å²) >= 11 is 0. The van der Waals surface area contributed by atoms with Crippen LogP contribution in [0, 0.1) is 0 Å². The number of carbonyl (C=O) groups excluding carboxylic acids is 1. The predicted molar refractivity (Wildman–Crippen MR) is 115 cm³/mol. The molecule has 0 spiro atoms. The van der Waals surface area contributed by atoms with Crippen LogP contribution < -0.4 is 10.1 Å². The molecule has 9 heteroatoms. The first-order valence-electron chi connectivity index (χ1n) is 10.0. The van der Waals surface area contributed by atoms with Crippen LogP contribution in [0.1, 0.15) is 47.0 Å². The van der Waals surface area contributed by atoms with Gasteiger partial charge in [0.2, 0.25) is 5.88 Å². The van der Waals surface area contributed by atoms with Crippen molar-refractivity contribution < 1.29 is 32.9 Å². The minimum Gasteiger partial charge on any atom is -0.438 e. The Morgan fingerprint density at radius 1 is 1.09 bits per heavy atom. The lowest BCUT2D eigenvalue weighted by Gasteiger charge is -2.18. The lowest BCUT2D eigenvalue weighted by molar-refractivity contribution is -0.206. The molecule has 0 aliphatic carbocycles. The number of benzene rings is 2. The highest BCUT2D eigenvalue weighted by molar-refractivity contribution is 5.96. The number of hydrogen-bond donors (Lipinski definition) is 3. The van der Waals surface area contributed by atoms with Gasteiger partial charge in [0.15, 0.2) is 6.10 Å². The van der Waals surface area contributed by atoms with E-state index in [9.17, 15) is 28.2 Å². The standard InChI is InChI=1S/C24H23F3N2O4/c1-23(2,32)17-10-8-15(9-11-17)14-29-21(31)19-7-4-12-28-22(19)33-18-6-3-5-16(13-18)20(30)24(25,26)27/h3-13,20,30,32H,14H2,1-2H3,(H,29,31). The van der Waals surface area contributed by atoms with E-state index in [1.54, 1.807) is 38.1 Å². The Hall–Kier alpha value is -3.43. The minimum atomic E-state index is -4.82. The van der Waals surface area contributed by atoms with Gasteiger partial charge in [-0.1, -0.05) is 36.4 Å². The van der Waals surface area contributed by atoms with Crippen molar-refractivity contribution in [3.05, 3.63) is 89.1 Å². The first-order valence-corrected chi connectivity index (χ1v) is 10.0. The maximum absolute atomic E-state index is 12.8. The summed E-state index contributed by atoms with van der Waals surface area (Å²) in [7, 11) is 0. The number of rotatable bonds is 7. The number of aliphatic hydroxyl groups is 2. The molecule has 0 saturated carbocycles. The van der Waals surface area contributed by atoms with Crippen LogP contribution >= 0.6 is 0 Å². The van der Waals surface area contributed by atoms with Gasteiger partial charge in [0.05, 0.1) is 5.60 Å². The van der Waals surface area contributed by atoms with E-state index < -0.39 is 29.4 Å². The molecular formula is C24H23F3N2O4. The molecule has 0 saturated heterocycles. The molecule has 0 aliphatic rings. The lowest BCUT2D eigenvalue weighted by Crippen LogP contribution is -2.23. The van der Waals surface area contributed by atoms with Gasteiger partial charge < -0.3 is 20.3 Å². The van der Waals surface area contributed by atoms with Gasteiger partial charge in [-0.2, -0.15) is 13.2 Å². The van der Waals surface area contributed by atoms with Gasteiger partial charge in [0, 0.05) is 12.7 Å². The number of nitrogens with zero attached hydrogens (tertiary/aromatic N) is 1. The minimum absolute atomic E-state index is 0.00856. The van der Waals surface area contributed by atoms with Gasteiger partial charge in [-0.25, -0.2) is 4.98 Å². The second-order valence-electron chi connectivity index (χ2n) is 7.91. The van der Waals surface area contributed by atoms with Crippen LogP contribution in [0.4, 0.5) is 13.2 Å². The highest BCUT2D eigenvalue weighted by Crippen LogP contribution is 2.34. The second kappa shape index (κ2) is 9.60. The van der Waals surface area contributed by atoms with E-state index in [0.29, 0.717) is 0 Å². The van der Waals surface area contributed by atoms with Gasteiger partial charge in [0.1, 0.15) is 11.3 Å². The van der Waals surface area contributed by atoms with E-state index in [1.807, 2.05) is 0 Å². The number of amides is 1. The maximum Gasteiger partial charge on any atom is 0.418 e. The SMILES string of the molecule is CC(C)(O)c1ccc(CNC(=O)c2cccnc2Oc2cccc(C(O)C(F)(F)F)c2)cc1. The molecule has 3 N–H and O–H groups in total. The number of nitrogens with one attached hydrogen (secondary N) is 1. The molecule has 0 fully saturated rings. The average Bonchev–Trinajstić information content (AvgIpc) is 2.76. The molecule has 6 nitrogen and oxygen atoms in total. The van der Waals surface area contributed by atoms with Crippen molar-refractivity contribution in [3.63, 3.8) is 0 Å². The van der Waals surface area contributed by atoms with Crippen LogP contribution in [0.25, 0.3) is 0 Å². The second-order valence-corrected chi connectivity index (χ2v) is 7.91. The summed E-state index contributed by atoms with van der Waals surface area (Å²) in [6.07, 6.45) is -6.09. The zero-order valence-electron chi connectivity index (χ0n) is 17.9. The largest absolute Gasteiger partial charge is 0.438 e. The quantitative estimate of drug-likeness (QED) is 0.478. The summed E-state index contributed by atoms with van der Waals surface area (Å²) in [4.78, 5) is 16.7. The number of ether oxygens (including phenoxy) is 1. The van der Waals surface area contributed by atoms with Crippen molar-refractivity contribution in [2.45, 2.75) is 38.3 Å².